The number of phenols is 1. The fourth-order valence-electron chi connectivity index (χ4n) is 1.59. The molecule has 0 aliphatic rings. The average Bonchev–Trinajstić information content (AvgIpc) is 2.59. The largest absolute Gasteiger partial charge is 0.508 e. The van der Waals surface area contributed by atoms with Gasteiger partial charge in [0.25, 0.3) is 0 Å². The summed E-state index contributed by atoms with van der Waals surface area (Å²) in [5.74, 6) is 0.341. The Balaban J connectivity index is 2.30. The van der Waals surface area contributed by atoms with Gasteiger partial charge in [-0.1, -0.05) is 0 Å². The maximum atomic E-state index is 9.36. The highest BCUT2D eigenvalue weighted by Gasteiger charge is 2.05. The van der Waals surface area contributed by atoms with Crippen LogP contribution in [0.5, 0.6) is 5.75 Å². The van der Waals surface area contributed by atoms with Gasteiger partial charge in [0.1, 0.15) is 5.75 Å². The molecule has 0 amide bonds. The third kappa shape index (κ3) is 2.30. The van der Waals surface area contributed by atoms with Gasteiger partial charge in [0, 0.05) is 15.6 Å². The molecule has 1 aromatic heterocycles. The van der Waals surface area contributed by atoms with Crippen LogP contribution in [0.3, 0.4) is 0 Å². The summed E-state index contributed by atoms with van der Waals surface area (Å²) in [6.45, 7) is 2.17. The van der Waals surface area contributed by atoms with Gasteiger partial charge < -0.3 is 10.4 Å². The Kier molecular flexibility index (Phi) is 2.93. The second-order valence-corrected chi connectivity index (χ2v) is 5.00. The molecule has 1 atom stereocenters. The van der Waals surface area contributed by atoms with Crippen LogP contribution in [-0.4, -0.2) is 18.2 Å². The van der Waals surface area contributed by atoms with Crippen LogP contribution in [-0.2, 0) is 6.42 Å². The Morgan fingerprint density at radius 2 is 2.20 bits per heavy atom. The van der Waals surface area contributed by atoms with Crippen molar-refractivity contribution >= 4 is 21.4 Å². The van der Waals surface area contributed by atoms with E-state index in [0.717, 1.165) is 11.8 Å². The van der Waals surface area contributed by atoms with Gasteiger partial charge in [0.15, 0.2) is 0 Å². The zero-order chi connectivity index (χ0) is 10.8. The van der Waals surface area contributed by atoms with E-state index in [9.17, 15) is 5.11 Å². The summed E-state index contributed by atoms with van der Waals surface area (Å²) in [7, 11) is 1.98. The summed E-state index contributed by atoms with van der Waals surface area (Å²) in [5, 5.41) is 13.7. The van der Waals surface area contributed by atoms with Crippen molar-refractivity contribution in [1.82, 2.24) is 5.32 Å². The molecule has 15 heavy (non-hydrogen) atoms. The molecule has 1 unspecified atom stereocenters. The monoisotopic (exact) mass is 221 g/mol. The van der Waals surface area contributed by atoms with Gasteiger partial charge in [0.05, 0.1) is 0 Å². The van der Waals surface area contributed by atoms with Crippen molar-refractivity contribution in [2.75, 3.05) is 7.05 Å². The maximum Gasteiger partial charge on any atom is 0.116 e. The lowest BCUT2D eigenvalue weighted by Crippen LogP contribution is -2.22. The first kappa shape index (κ1) is 10.5. The maximum absolute atomic E-state index is 9.36. The molecule has 0 spiro atoms. The minimum atomic E-state index is 0.341. The Labute approximate surface area is 93.6 Å². The van der Waals surface area contributed by atoms with Gasteiger partial charge >= 0.3 is 0 Å². The molecule has 1 aromatic carbocycles. The first-order valence-electron chi connectivity index (χ1n) is 5.08. The smallest absolute Gasteiger partial charge is 0.116 e. The van der Waals surface area contributed by atoms with Crippen molar-refractivity contribution in [3.8, 4) is 5.75 Å². The van der Waals surface area contributed by atoms with E-state index in [1.807, 2.05) is 19.2 Å². The van der Waals surface area contributed by atoms with Gasteiger partial charge in [-0.2, -0.15) is 0 Å². The molecule has 0 aliphatic carbocycles. The van der Waals surface area contributed by atoms with Crippen LogP contribution in [0.4, 0.5) is 0 Å². The SMILES string of the molecule is CNC(C)Cc1cc2cc(O)ccc2s1. The molecule has 3 heteroatoms. The third-order valence-electron chi connectivity index (χ3n) is 2.55. The van der Waals surface area contributed by atoms with Gasteiger partial charge in [-0.25, -0.2) is 0 Å². The molecule has 0 fully saturated rings. The predicted molar refractivity (Wildman–Crippen MR) is 65.7 cm³/mol. The van der Waals surface area contributed by atoms with Crippen molar-refractivity contribution in [1.29, 1.82) is 0 Å². The molecule has 2 aromatic rings. The Morgan fingerprint density at radius 1 is 1.40 bits per heavy atom. The second kappa shape index (κ2) is 4.21. The van der Waals surface area contributed by atoms with E-state index in [4.69, 9.17) is 0 Å². The summed E-state index contributed by atoms with van der Waals surface area (Å²) in [6.07, 6.45) is 1.04. The number of rotatable bonds is 3. The number of thiophene rings is 1. The number of nitrogens with one attached hydrogen (secondary N) is 1. The molecular formula is C12H15NOS. The predicted octanol–water partition coefficient (Wildman–Crippen LogP) is 2.76. The highest BCUT2D eigenvalue weighted by molar-refractivity contribution is 7.19. The molecule has 0 saturated heterocycles. The molecular weight excluding hydrogens is 206 g/mol. The molecule has 2 nitrogen and oxygen atoms in total. The molecule has 2 rings (SSSR count). The summed E-state index contributed by atoms with van der Waals surface area (Å²) in [6, 6.07) is 8.19. The molecule has 0 aliphatic heterocycles. The van der Waals surface area contributed by atoms with Gasteiger partial charge in [-0.15, -0.1) is 11.3 Å². The standard InChI is InChI=1S/C12H15NOS/c1-8(13-2)5-11-7-9-6-10(14)3-4-12(9)15-11/h3-4,6-8,13-14H,5H2,1-2H3. The number of hydrogen-bond donors (Lipinski definition) is 2. The number of fused-ring (bicyclic) bond motifs is 1. The minimum absolute atomic E-state index is 0.341. The van der Waals surface area contributed by atoms with E-state index in [0.29, 0.717) is 11.8 Å². The molecule has 2 N–H and O–H groups in total. The van der Waals surface area contributed by atoms with Crippen LogP contribution < -0.4 is 5.32 Å². The van der Waals surface area contributed by atoms with Crippen LogP contribution in [0.25, 0.3) is 10.1 Å². The Bertz CT molecular complexity index is 464. The minimum Gasteiger partial charge on any atom is -0.508 e. The normalized spacial score (nSPS) is 13.2. The quantitative estimate of drug-likeness (QED) is 0.835. The fraction of sp³-hybridized carbons (Fsp3) is 0.333. The molecule has 0 saturated carbocycles. The molecule has 0 bridgehead atoms. The number of hydrogen-bond acceptors (Lipinski definition) is 3. The number of aromatic hydroxyl groups is 1. The van der Waals surface area contributed by atoms with Gasteiger partial charge in [-0.05, 0) is 50.0 Å². The lowest BCUT2D eigenvalue weighted by atomic mass is 10.2. The van der Waals surface area contributed by atoms with Crippen molar-refractivity contribution in [2.24, 2.45) is 0 Å². The lowest BCUT2D eigenvalue weighted by Gasteiger charge is -2.06. The number of likely N-dealkylation sites (N-methyl/N-ethyl adjacent to an activating group) is 1. The van der Waals surface area contributed by atoms with E-state index in [1.165, 1.54) is 9.58 Å². The fourth-order valence-corrected chi connectivity index (χ4v) is 2.76. The van der Waals surface area contributed by atoms with Crippen LogP contribution >= 0.6 is 11.3 Å². The third-order valence-corrected chi connectivity index (χ3v) is 3.69. The zero-order valence-electron chi connectivity index (χ0n) is 8.95. The van der Waals surface area contributed by atoms with Crippen LogP contribution in [0.1, 0.15) is 11.8 Å². The van der Waals surface area contributed by atoms with Gasteiger partial charge in [0.2, 0.25) is 0 Å². The van der Waals surface area contributed by atoms with Crippen molar-refractivity contribution in [3.05, 3.63) is 29.1 Å². The summed E-state index contributed by atoms with van der Waals surface area (Å²) in [4.78, 5) is 1.36. The summed E-state index contributed by atoms with van der Waals surface area (Å²) < 4.78 is 1.24. The highest BCUT2D eigenvalue weighted by Crippen LogP contribution is 2.29. The summed E-state index contributed by atoms with van der Waals surface area (Å²) >= 11 is 1.80. The van der Waals surface area contributed by atoms with E-state index in [1.54, 1.807) is 17.4 Å². The van der Waals surface area contributed by atoms with Crippen LogP contribution in [0.15, 0.2) is 24.3 Å². The Morgan fingerprint density at radius 3 is 2.93 bits per heavy atom. The molecule has 80 valence electrons. The lowest BCUT2D eigenvalue weighted by molar-refractivity contribution is 0.476. The van der Waals surface area contributed by atoms with Crippen LogP contribution in [0.2, 0.25) is 0 Å². The second-order valence-electron chi connectivity index (χ2n) is 3.83. The summed E-state index contributed by atoms with van der Waals surface area (Å²) in [5.41, 5.74) is 0. The average molecular weight is 221 g/mol. The molecule has 0 radical (unpaired) electrons. The number of benzene rings is 1. The molecule has 1 heterocycles. The van der Waals surface area contributed by atoms with Crippen molar-refractivity contribution < 1.29 is 5.11 Å². The van der Waals surface area contributed by atoms with E-state index >= 15 is 0 Å². The van der Waals surface area contributed by atoms with E-state index in [-0.39, 0.29) is 0 Å². The zero-order valence-corrected chi connectivity index (χ0v) is 9.77. The first-order valence-corrected chi connectivity index (χ1v) is 5.89. The Hall–Kier alpha value is -1.06. The van der Waals surface area contributed by atoms with Gasteiger partial charge in [-0.3, -0.25) is 0 Å². The first-order chi connectivity index (χ1) is 7.19. The van der Waals surface area contributed by atoms with E-state index in [2.05, 4.69) is 18.3 Å². The topological polar surface area (TPSA) is 32.3 Å². The number of phenolic OH excluding ortho intramolecular Hbond substituents is 1. The van der Waals surface area contributed by atoms with Crippen molar-refractivity contribution in [3.63, 3.8) is 0 Å². The highest BCUT2D eigenvalue weighted by atomic mass is 32.1. The van der Waals surface area contributed by atoms with Crippen molar-refractivity contribution in [2.45, 2.75) is 19.4 Å². The van der Waals surface area contributed by atoms with E-state index < -0.39 is 0 Å². The van der Waals surface area contributed by atoms with Crippen LogP contribution in [0, 0.1) is 0 Å².